The van der Waals surface area contributed by atoms with Crippen molar-refractivity contribution < 1.29 is 4.74 Å². The Morgan fingerprint density at radius 1 is 1.09 bits per heavy atom. The number of hydrogen-bond acceptors (Lipinski definition) is 7. The maximum absolute atomic E-state index is 5.13. The van der Waals surface area contributed by atoms with E-state index in [1.165, 1.54) is 0 Å². The number of aromatic nitrogens is 4. The first-order valence-corrected chi connectivity index (χ1v) is 7.07. The van der Waals surface area contributed by atoms with E-state index in [2.05, 4.69) is 30.8 Å². The van der Waals surface area contributed by atoms with Crippen molar-refractivity contribution >= 4 is 17.5 Å². The van der Waals surface area contributed by atoms with Crippen molar-refractivity contribution in [3.63, 3.8) is 0 Å². The highest BCUT2D eigenvalue weighted by Crippen LogP contribution is 2.18. The smallest absolute Gasteiger partial charge is 0.244 e. The Balaban J connectivity index is 1.64. The van der Waals surface area contributed by atoms with Gasteiger partial charge in [0.2, 0.25) is 5.95 Å². The minimum Gasteiger partial charge on any atom is -0.497 e. The molecular weight excluding hydrogens is 292 g/mol. The molecule has 7 nitrogen and oxygen atoms in total. The van der Waals surface area contributed by atoms with Crippen LogP contribution >= 0.6 is 0 Å². The minimum atomic E-state index is 0.451. The predicted molar refractivity (Wildman–Crippen MR) is 87.7 cm³/mol. The Hall–Kier alpha value is -3.22. The van der Waals surface area contributed by atoms with E-state index in [1.54, 1.807) is 25.7 Å². The molecule has 2 aromatic heterocycles. The van der Waals surface area contributed by atoms with Gasteiger partial charge in [-0.2, -0.15) is 10.1 Å². The van der Waals surface area contributed by atoms with Gasteiger partial charge in [0.15, 0.2) is 5.82 Å². The number of benzene rings is 1. The Morgan fingerprint density at radius 2 is 1.96 bits per heavy atom. The largest absolute Gasteiger partial charge is 0.497 e. The fourth-order valence-electron chi connectivity index (χ4n) is 1.94. The lowest BCUT2D eigenvalue weighted by Gasteiger charge is -2.08. The van der Waals surface area contributed by atoms with Crippen molar-refractivity contribution in [1.82, 2.24) is 20.2 Å². The van der Waals surface area contributed by atoms with Gasteiger partial charge in [-0.3, -0.25) is 4.98 Å². The lowest BCUT2D eigenvalue weighted by molar-refractivity contribution is 0.415. The fourth-order valence-corrected chi connectivity index (χ4v) is 1.94. The Bertz CT molecular complexity index is 748. The SMILES string of the molecule is COc1ccc(Nc2cnnc(NCc3cccnc3)n2)cc1. The van der Waals surface area contributed by atoms with Gasteiger partial charge in [-0.15, -0.1) is 5.10 Å². The zero-order valence-corrected chi connectivity index (χ0v) is 12.6. The highest BCUT2D eigenvalue weighted by Gasteiger charge is 2.02. The van der Waals surface area contributed by atoms with Crippen molar-refractivity contribution in [2.75, 3.05) is 17.7 Å². The monoisotopic (exact) mass is 308 g/mol. The van der Waals surface area contributed by atoms with Crippen molar-refractivity contribution in [2.24, 2.45) is 0 Å². The summed E-state index contributed by atoms with van der Waals surface area (Å²) in [4.78, 5) is 8.44. The van der Waals surface area contributed by atoms with Crippen LogP contribution in [0.1, 0.15) is 5.56 Å². The molecule has 0 fully saturated rings. The van der Waals surface area contributed by atoms with Gasteiger partial charge >= 0.3 is 0 Å². The van der Waals surface area contributed by atoms with Crippen LogP contribution in [0.25, 0.3) is 0 Å². The molecule has 0 aliphatic rings. The van der Waals surface area contributed by atoms with Gasteiger partial charge in [0, 0.05) is 24.6 Å². The van der Waals surface area contributed by atoms with E-state index in [9.17, 15) is 0 Å². The minimum absolute atomic E-state index is 0.451. The first kappa shape index (κ1) is 14.7. The van der Waals surface area contributed by atoms with E-state index >= 15 is 0 Å². The molecule has 3 rings (SSSR count). The average Bonchev–Trinajstić information content (AvgIpc) is 2.62. The van der Waals surface area contributed by atoms with Crippen LogP contribution < -0.4 is 15.4 Å². The van der Waals surface area contributed by atoms with Gasteiger partial charge in [-0.05, 0) is 35.9 Å². The summed E-state index contributed by atoms with van der Waals surface area (Å²) in [5.41, 5.74) is 1.94. The lowest BCUT2D eigenvalue weighted by atomic mass is 10.3. The molecule has 1 aromatic carbocycles. The third kappa shape index (κ3) is 4.13. The highest BCUT2D eigenvalue weighted by atomic mass is 16.5. The molecular formula is C16H16N6O. The number of methoxy groups -OCH3 is 1. The van der Waals surface area contributed by atoms with E-state index in [1.807, 2.05) is 36.4 Å². The zero-order chi connectivity index (χ0) is 15.9. The number of nitrogens with one attached hydrogen (secondary N) is 2. The van der Waals surface area contributed by atoms with Crippen molar-refractivity contribution in [3.05, 3.63) is 60.6 Å². The van der Waals surface area contributed by atoms with Crippen molar-refractivity contribution in [1.29, 1.82) is 0 Å². The summed E-state index contributed by atoms with van der Waals surface area (Å²) >= 11 is 0. The van der Waals surface area contributed by atoms with Crippen LogP contribution in [0.3, 0.4) is 0 Å². The molecule has 0 atom stereocenters. The molecule has 0 spiro atoms. The maximum Gasteiger partial charge on any atom is 0.244 e. The van der Waals surface area contributed by atoms with E-state index < -0.39 is 0 Å². The van der Waals surface area contributed by atoms with Crippen LogP contribution in [0, 0.1) is 0 Å². The second kappa shape index (κ2) is 7.17. The number of nitrogens with zero attached hydrogens (tertiary/aromatic N) is 4. The van der Waals surface area contributed by atoms with E-state index in [0.29, 0.717) is 18.3 Å². The Kier molecular flexibility index (Phi) is 4.58. The normalized spacial score (nSPS) is 10.1. The van der Waals surface area contributed by atoms with Gasteiger partial charge < -0.3 is 15.4 Å². The third-order valence-electron chi connectivity index (χ3n) is 3.09. The average molecular weight is 308 g/mol. The summed E-state index contributed by atoms with van der Waals surface area (Å²) in [6, 6.07) is 11.4. The number of ether oxygens (including phenoxy) is 1. The first-order valence-electron chi connectivity index (χ1n) is 7.07. The Morgan fingerprint density at radius 3 is 2.70 bits per heavy atom. The maximum atomic E-state index is 5.13. The molecule has 0 radical (unpaired) electrons. The van der Waals surface area contributed by atoms with Crippen LogP contribution in [-0.2, 0) is 6.54 Å². The molecule has 0 aliphatic heterocycles. The molecule has 0 bridgehead atoms. The summed E-state index contributed by atoms with van der Waals surface area (Å²) in [5.74, 6) is 1.86. The van der Waals surface area contributed by atoms with E-state index in [4.69, 9.17) is 4.74 Å². The van der Waals surface area contributed by atoms with Crippen LogP contribution in [0.4, 0.5) is 17.5 Å². The number of rotatable bonds is 6. The highest BCUT2D eigenvalue weighted by molar-refractivity contribution is 5.57. The zero-order valence-electron chi connectivity index (χ0n) is 12.6. The molecule has 3 aromatic rings. The van der Waals surface area contributed by atoms with Gasteiger partial charge in [0.1, 0.15) is 5.75 Å². The molecule has 116 valence electrons. The molecule has 0 saturated carbocycles. The fraction of sp³-hybridized carbons (Fsp3) is 0.125. The molecule has 23 heavy (non-hydrogen) atoms. The number of anilines is 3. The van der Waals surface area contributed by atoms with Crippen LogP contribution in [0.15, 0.2) is 55.0 Å². The molecule has 0 amide bonds. The quantitative estimate of drug-likeness (QED) is 0.724. The van der Waals surface area contributed by atoms with Gasteiger partial charge in [0.25, 0.3) is 0 Å². The summed E-state index contributed by atoms with van der Waals surface area (Å²) in [5, 5.41) is 14.2. The summed E-state index contributed by atoms with van der Waals surface area (Å²) in [6.45, 7) is 0.585. The number of pyridine rings is 1. The molecule has 2 heterocycles. The predicted octanol–water partition coefficient (Wildman–Crippen LogP) is 2.63. The second-order valence-corrected chi connectivity index (χ2v) is 4.73. The third-order valence-corrected chi connectivity index (χ3v) is 3.09. The van der Waals surface area contributed by atoms with Crippen LogP contribution in [-0.4, -0.2) is 27.3 Å². The van der Waals surface area contributed by atoms with Gasteiger partial charge in [-0.25, -0.2) is 0 Å². The molecule has 0 saturated heterocycles. The molecule has 0 unspecified atom stereocenters. The van der Waals surface area contributed by atoms with Gasteiger partial charge in [-0.1, -0.05) is 6.07 Å². The first-order chi connectivity index (χ1) is 11.3. The Labute approximate surface area is 133 Å². The molecule has 7 heteroatoms. The molecule has 0 aliphatic carbocycles. The van der Waals surface area contributed by atoms with Crippen LogP contribution in [0.2, 0.25) is 0 Å². The lowest BCUT2D eigenvalue weighted by Crippen LogP contribution is -2.06. The van der Waals surface area contributed by atoms with E-state index in [0.717, 1.165) is 17.0 Å². The topological polar surface area (TPSA) is 84.9 Å². The van der Waals surface area contributed by atoms with Crippen LogP contribution in [0.5, 0.6) is 5.75 Å². The van der Waals surface area contributed by atoms with Crippen molar-refractivity contribution in [2.45, 2.75) is 6.54 Å². The number of hydrogen-bond donors (Lipinski definition) is 2. The second-order valence-electron chi connectivity index (χ2n) is 4.73. The summed E-state index contributed by atoms with van der Waals surface area (Å²) in [6.07, 6.45) is 5.10. The summed E-state index contributed by atoms with van der Waals surface area (Å²) < 4.78 is 5.13. The van der Waals surface area contributed by atoms with E-state index in [-0.39, 0.29) is 0 Å². The summed E-state index contributed by atoms with van der Waals surface area (Å²) in [7, 11) is 1.64. The van der Waals surface area contributed by atoms with Crippen molar-refractivity contribution in [3.8, 4) is 5.75 Å². The standard InChI is InChI=1S/C16H16N6O/c1-23-14-6-4-13(5-7-14)20-15-11-19-22-16(21-15)18-10-12-3-2-8-17-9-12/h2-9,11H,10H2,1H3,(H2,18,20,21,22). The van der Waals surface area contributed by atoms with Gasteiger partial charge in [0.05, 0.1) is 13.3 Å². The molecule has 2 N–H and O–H groups in total.